The van der Waals surface area contributed by atoms with Crippen molar-refractivity contribution in [1.29, 1.82) is 0 Å². The maximum absolute atomic E-state index is 6.24. The Morgan fingerprint density at radius 2 is 2.25 bits per heavy atom. The van der Waals surface area contributed by atoms with Gasteiger partial charge in [0.1, 0.15) is 5.75 Å². The molecule has 1 heterocycles. The number of rotatable bonds is 7. The van der Waals surface area contributed by atoms with Crippen molar-refractivity contribution >= 4 is 11.6 Å². The zero-order valence-corrected chi connectivity index (χ0v) is 12.4. The molecule has 5 nitrogen and oxygen atoms in total. The summed E-state index contributed by atoms with van der Waals surface area (Å²) in [6.45, 7) is 6.17. The standard InChI is InChI=1S/C14H18ClN3O2/c1-10(2)6-16-7-11-12(15)4-3-5-13(11)19-8-14-17-9-20-18-14/h3-5,9-10,16H,6-8H2,1-2H3. The van der Waals surface area contributed by atoms with Crippen LogP contribution < -0.4 is 10.1 Å². The Morgan fingerprint density at radius 1 is 1.40 bits per heavy atom. The fraction of sp³-hybridized carbons (Fsp3) is 0.429. The second-order valence-electron chi connectivity index (χ2n) is 4.88. The molecule has 0 aliphatic rings. The van der Waals surface area contributed by atoms with E-state index in [1.165, 1.54) is 6.39 Å². The van der Waals surface area contributed by atoms with E-state index >= 15 is 0 Å². The average Bonchev–Trinajstić information content (AvgIpc) is 2.91. The van der Waals surface area contributed by atoms with Crippen molar-refractivity contribution in [3.63, 3.8) is 0 Å². The van der Waals surface area contributed by atoms with E-state index in [0.29, 0.717) is 23.3 Å². The van der Waals surface area contributed by atoms with E-state index in [9.17, 15) is 0 Å². The lowest BCUT2D eigenvalue weighted by Crippen LogP contribution is -2.19. The summed E-state index contributed by atoms with van der Waals surface area (Å²) in [5.41, 5.74) is 0.943. The number of halogens is 1. The molecular formula is C14H18ClN3O2. The molecule has 0 aliphatic heterocycles. The summed E-state index contributed by atoms with van der Waals surface area (Å²) in [7, 11) is 0. The van der Waals surface area contributed by atoms with Crippen molar-refractivity contribution in [2.45, 2.75) is 27.0 Å². The number of hydrogen-bond acceptors (Lipinski definition) is 5. The van der Waals surface area contributed by atoms with Gasteiger partial charge in [-0.3, -0.25) is 0 Å². The number of nitrogens with zero attached hydrogens (tertiary/aromatic N) is 2. The molecule has 0 aliphatic carbocycles. The van der Waals surface area contributed by atoms with Crippen LogP contribution >= 0.6 is 11.6 Å². The first-order valence-electron chi connectivity index (χ1n) is 6.53. The molecule has 0 saturated carbocycles. The van der Waals surface area contributed by atoms with Gasteiger partial charge in [0.15, 0.2) is 6.61 Å². The molecule has 0 fully saturated rings. The van der Waals surface area contributed by atoms with E-state index in [4.69, 9.17) is 16.3 Å². The minimum Gasteiger partial charge on any atom is -0.485 e. The molecule has 2 rings (SSSR count). The third-order valence-electron chi connectivity index (χ3n) is 2.69. The lowest BCUT2D eigenvalue weighted by Gasteiger charge is -2.13. The van der Waals surface area contributed by atoms with Crippen molar-refractivity contribution in [2.24, 2.45) is 5.92 Å². The van der Waals surface area contributed by atoms with Crippen LogP contribution in [0.2, 0.25) is 5.02 Å². The largest absolute Gasteiger partial charge is 0.485 e. The molecule has 20 heavy (non-hydrogen) atoms. The van der Waals surface area contributed by atoms with Gasteiger partial charge in [-0.1, -0.05) is 36.7 Å². The van der Waals surface area contributed by atoms with Crippen LogP contribution in [0.4, 0.5) is 0 Å². The van der Waals surface area contributed by atoms with Crippen molar-refractivity contribution in [1.82, 2.24) is 15.5 Å². The monoisotopic (exact) mass is 295 g/mol. The van der Waals surface area contributed by atoms with Crippen molar-refractivity contribution in [3.8, 4) is 5.75 Å². The molecule has 0 atom stereocenters. The summed E-state index contributed by atoms with van der Waals surface area (Å²) in [5, 5.41) is 7.76. The van der Waals surface area contributed by atoms with Crippen LogP contribution in [0.15, 0.2) is 29.1 Å². The minimum atomic E-state index is 0.258. The van der Waals surface area contributed by atoms with Crippen LogP contribution in [0.3, 0.4) is 0 Å². The fourth-order valence-corrected chi connectivity index (χ4v) is 1.96. The van der Waals surface area contributed by atoms with Gasteiger partial charge in [-0.2, -0.15) is 4.98 Å². The second kappa shape index (κ2) is 7.26. The van der Waals surface area contributed by atoms with E-state index in [2.05, 4.69) is 33.8 Å². The molecule has 2 aromatic rings. The summed E-state index contributed by atoms with van der Waals surface area (Å²) in [5.74, 6) is 1.82. The van der Waals surface area contributed by atoms with Gasteiger partial charge >= 0.3 is 0 Å². The zero-order chi connectivity index (χ0) is 14.4. The van der Waals surface area contributed by atoms with Crippen LogP contribution in [-0.4, -0.2) is 16.7 Å². The van der Waals surface area contributed by atoms with Crippen LogP contribution in [0, 0.1) is 5.92 Å². The fourth-order valence-electron chi connectivity index (χ4n) is 1.73. The maximum atomic E-state index is 6.24. The second-order valence-corrected chi connectivity index (χ2v) is 5.28. The predicted octanol–water partition coefficient (Wildman–Crippen LogP) is 3.05. The maximum Gasteiger partial charge on any atom is 0.213 e. The Balaban J connectivity index is 2.01. The van der Waals surface area contributed by atoms with E-state index in [1.54, 1.807) is 0 Å². The average molecular weight is 296 g/mol. The zero-order valence-electron chi connectivity index (χ0n) is 11.6. The van der Waals surface area contributed by atoms with Gasteiger partial charge in [0.2, 0.25) is 12.2 Å². The number of benzene rings is 1. The van der Waals surface area contributed by atoms with Crippen LogP contribution in [0.25, 0.3) is 0 Å². The van der Waals surface area contributed by atoms with Crippen molar-refractivity contribution in [3.05, 3.63) is 41.0 Å². The first-order chi connectivity index (χ1) is 9.66. The van der Waals surface area contributed by atoms with E-state index < -0.39 is 0 Å². The number of hydrogen-bond donors (Lipinski definition) is 1. The predicted molar refractivity (Wildman–Crippen MR) is 76.6 cm³/mol. The summed E-state index contributed by atoms with van der Waals surface area (Å²) in [6.07, 6.45) is 1.28. The van der Waals surface area contributed by atoms with Gasteiger partial charge in [-0.15, -0.1) is 0 Å². The highest BCUT2D eigenvalue weighted by atomic mass is 35.5. The summed E-state index contributed by atoms with van der Waals surface area (Å²) >= 11 is 6.24. The minimum absolute atomic E-state index is 0.258. The van der Waals surface area contributed by atoms with Gasteiger partial charge in [-0.05, 0) is 24.6 Å². The summed E-state index contributed by atoms with van der Waals surface area (Å²) in [6, 6.07) is 5.60. The summed E-state index contributed by atoms with van der Waals surface area (Å²) < 4.78 is 10.4. The van der Waals surface area contributed by atoms with Crippen molar-refractivity contribution in [2.75, 3.05) is 6.54 Å². The molecule has 0 unspecified atom stereocenters. The third-order valence-corrected chi connectivity index (χ3v) is 3.05. The third kappa shape index (κ3) is 4.21. The SMILES string of the molecule is CC(C)CNCc1c(Cl)cccc1OCc1ncon1. The molecular weight excluding hydrogens is 278 g/mol. The number of aromatic nitrogens is 2. The smallest absolute Gasteiger partial charge is 0.213 e. The molecule has 6 heteroatoms. The van der Waals surface area contributed by atoms with Crippen LogP contribution in [0.5, 0.6) is 5.75 Å². The highest BCUT2D eigenvalue weighted by Crippen LogP contribution is 2.26. The Hall–Kier alpha value is -1.59. The normalized spacial score (nSPS) is 11.0. The van der Waals surface area contributed by atoms with Crippen LogP contribution in [-0.2, 0) is 13.2 Å². The van der Waals surface area contributed by atoms with Gasteiger partial charge in [-0.25, -0.2) is 0 Å². The molecule has 0 amide bonds. The van der Waals surface area contributed by atoms with Gasteiger partial charge in [0.25, 0.3) is 0 Å². The highest BCUT2D eigenvalue weighted by molar-refractivity contribution is 6.31. The Kier molecular flexibility index (Phi) is 5.38. The first kappa shape index (κ1) is 14.8. The molecule has 0 spiro atoms. The first-order valence-corrected chi connectivity index (χ1v) is 6.90. The van der Waals surface area contributed by atoms with E-state index in [0.717, 1.165) is 17.9 Å². The Morgan fingerprint density at radius 3 is 2.95 bits per heavy atom. The molecule has 1 aromatic carbocycles. The molecule has 1 N–H and O–H groups in total. The molecule has 0 bridgehead atoms. The van der Waals surface area contributed by atoms with Crippen LogP contribution in [0.1, 0.15) is 25.2 Å². The van der Waals surface area contributed by atoms with Crippen molar-refractivity contribution < 1.29 is 9.26 Å². The summed E-state index contributed by atoms with van der Waals surface area (Å²) in [4.78, 5) is 3.92. The van der Waals surface area contributed by atoms with E-state index in [-0.39, 0.29) is 6.61 Å². The van der Waals surface area contributed by atoms with Gasteiger partial charge < -0.3 is 14.6 Å². The highest BCUT2D eigenvalue weighted by Gasteiger charge is 2.09. The molecule has 108 valence electrons. The van der Waals surface area contributed by atoms with Gasteiger partial charge in [0.05, 0.1) is 0 Å². The molecule has 0 saturated heterocycles. The Bertz CT molecular complexity index is 529. The lowest BCUT2D eigenvalue weighted by atomic mass is 10.1. The van der Waals surface area contributed by atoms with E-state index in [1.807, 2.05) is 18.2 Å². The van der Waals surface area contributed by atoms with Gasteiger partial charge in [0, 0.05) is 17.1 Å². The topological polar surface area (TPSA) is 60.2 Å². The molecule has 0 radical (unpaired) electrons. The lowest BCUT2D eigenvalue weighted by molar-refractivity contribution is 0.283. The quantitative estimate of drug-likeness (QED) is 0.851. The molecule has 1 aromatic heterocycles. The number of ether oxygens (including phenoxy) is 1. The number of nitrogens with one attached hydrogen (secondary N) is 1. The Labute approximate surface area is 123 Å².